The Morgan fingerprint density at radius 1 is 1.29 bits per heavy atom. The zero-order chi connectivity index (χ0) is 20.1. The molecule has 0 atom stereocenters. The van der Waals surface area contributed by atoms with Gasteiger partial charge in [0.2, 0.25) is 5.91 Å². The van der Waals surface area contributed by atoms with Gasteiger partial charge < -0.3 is 19.7 Å². The lowest BCUT2D eigenvalue weighted by Gasteiger charge is -2.16. The summed E-state index contributed by atoms with van der Waals surface area (Å²) in [5.41, 5.74) is 1.99. The van der Waals surface area contributed by atoms with Gasteiger partial charge in [0.25, 0.3) is 5.91 Å². The van der Waals surface area contributed by atoms with Gasteiger partial charge in [-0.2, -0.15) is 0 Å². The number of amides is 2. The number of benzene rings is 2. The van der Waals surface area contributed by atoms with Crippen molar-refractivity contribution in [2.45, 2.75) is 26.3 Å². The smallest absolute Gasteiger partial charge is 0.255 e. The molecule has 1 fully saturated rings. The minimum atomic E-state index is -0.308. The van der Waals surface area contributed by atoms with Crippen LogP contribution in [0.15, 0.2) is 36.4 Å². The Kier molecular flexibility index (Phi) is 6.41. The standard InChI is InChI=1S/C21H23ClN2O4/c1-3-28-20-17(22)11-15(12-18(20)27-2)21(26)23-16-7-4-6-14(10-16)13-24-9-5-8-19(24)25/h4,6-7,10-12H,3,5,8-9,13H2,1-2H3,(H,23,26). The van der Waals surface area contributed by atoms with Gasteiger partial charge in [-0.1, -0.05) is 23.7 Å². The van der Waals surface area contributed by atoms with E-state index in [0.717, 1.165) is 18.5 Å². The van der Waals surface area contributed by atoms with Crippen LogP contribution in [-0.2, 0) is 11.3 Å². The Morgan fingerprint density at radius 3 is 2.79 bits per heavy atom. The van der Waals surface area contributed by atoms with Gasteiger partial charge >= 0.3 is 0 Å². The first-order valence-electron chi connectivity index (χ1n) is 9.20. The number of rotatable bonds is 7. The summed E-state index contributed by atoms with van der Waals surface area (Å²) in [6, 6.07) is 10.6. The summed E-state index contributed by atoms with van der Waals surface area (Å²) < 4.78 is 10.8. The van der Waals surface area contributed by atoms with E-state index in [1.807, 2.05) is 30.0 Å². The average Bonchev–Trinajstić information content (AvgIpc) is 3.08. The van der Waals surface area contributed by atoms with Crippen molar-refractivity contribution in [3.63, 3.8) is 0 Å². The fourth-order valence-electron chi connectivity index (χ4n) is 3.18. The Labute approximate surface area is 169 Å². The van der Waals surface area contributed by atoms with Crippen molar-refractivity contribution in [2.24, 2.45) is 0 Å². The lowest BCUT2D eigenvalue weighted by atomic mass is 10.1. The fourth-order valence-corrected chi connectivity index (χ4v) is 3.44. The lowest BCUT2D eigenvalue weighted by Crippen LogP contribution is -2.23. The highest BCUT2D eigenvalue weighted by atomic mass is 35.5. The van der Waals surface area contributed by atoms with Crippen LogP contribution < -0.4 is 14.8 Å². The predicted octanol–water partition coefficient (Wildman–Crippen LogP) is 4.12. The van der Waals surface area contributed by atoms with E-state index in [1.165, 1.54) is 7.11 Å². The van der Waals surface area contributed by atoms with Crippen LogP contribution in [0.4, 0.5) is 5.69 Å². The number of anilines is 1. The largest absolute Gasteiger partial charge is 0.493 e. The molecule has 1 aliphatic heterocycles. The topological polar surface area (TPSA) is 67.9 Å². The molecule has 148 valence electrons. The minimum Gasteiger partial charge on any atom is -0.493 e. The number of hydrogen-bond donors (Lipinski definition) is 1. The molecule has 7 heteroatoms. The maximum atomic E-state index is 12.7. The molecule has 0 radical (unpaired) electrons. The third-order valence-corrected chi connectivity index (χ3v) is 4.79. The van der Waals surface area contributed by atoms with Gasteiger partial charge in [-0.05, 0) is 43.2 Å². The molecule has 2 amide bonds. The molecule has 0 aromatic heterocycles. The molecular formula is C21H23ClN2O4. The second-order valence-electron chi connectivity index (χ2n) is 6.50. The van der Waals surface area contributed by atoms with Crippen LogP contribution in [0.25, 0.3) is 0 Å². The summed E-state index contributed by atoms with van der Waals surface area (Å²) in [5.74, 6) is 0.685. The van der Waals surface area contributed by atoms with Crippen molar-refractivity contribution in [1.29, 1.82) is 0 Å². The zero-order valence-corrected chi connectivity index (χ0v) is 16.7. The highest BCUT2D eigenvalue weighted by molar-refractivity contribution is 6.32. The van der Waals surface area contributed by atoms with Crippen molar-refractivity contribution in [1.82, 2.24) is 4.90 Å². The van der Waals surface area contributed by atoms with Crippen LogP contribution in [0.5, 0.6) is 11.5 Å². The number of hydrogen-bond acceptors (Lipinski definition) is 4. The lowest BCUT2D eigenvalue weighted by molar-refractivity contribution is -0.128. The summed E-state index contributed by atoms with van der Waals surface area (Å²) in [6.45, 7) is 3.61. The number of carbonyl (C=O) groups is 2. The predicted molar refractivity (Wildman–Crippen MR) is 108 cm³/mol. The summed E-state index contributed by atoms with van der Waals surface area (Å²) in [6.07, 6.45) is 1.51. The second-order valence-corrected chi connectivity index (χ2v) is 6.90. The van der Waals surface area contributed by atoms with Gasteiger partial charge in [-0.25, -0.2) is 0 Å². The molecule has 0 saturated carbocycles. The van der Waals surface area contributed by atoms with E-state index in [9.17, 15) is 9.59 Å². The van der Waals surface area contributed by atoms with Crippen LogP contribution in [0.2, 0.25) is 5.02 Å². The molecule has 1 heterocycles. The molecule has 0 bridgehead atoms. The zero-order valence-electron chi connectivity index (χ0n) is 16.0. The molecule has 1 N–H and O–H groups in total. The average molecular weight is 403 g/mol. The maximum absolute atomic E-state index is 12.7. The minimum absolute atomic E-state index is 0.172. The van der Waals surface area contributed by atoms with Gasteiger partial charge in [0.1, 0.15) is 0 Å². The normalized spacial score (nSPS) is 13.5. The van der Waals surface area contributed by atoms with Crippen molar-refractivity contribution >= 4 is 29.1 Å². The molecule has 1 aliphatic rings. The Bertz CT molecular complexity index is 885. The molecule has 1 saturated heterocycles. The van der Waals surface area contributed by atoms with Gasteiger partial charge in [-0.15, -0.1) is 0 Å². The summed E-state index contributed by atoms with van der Waals surface area (Å²) in [4.78, 5) is 26.3. The summed E-state index contributed by atoms with van der Waals surface area (Å²) >= 11 is 6.25. The van der Waals surface area contributed by atoms with Crippen LogP contribution >= 0.6 is 11.6 Å². The highest BCUT2D eigenvalue weighted by Crippen LogP contribution is 2.36. The van der Waals surface area contributed by atoms with Crippen LogP contribution in [0, 0.1) is 0 Å². The van der Waals surface area contributed by atoms with Crippen molar-refractivity contribution < 1.29 is 19.1 Å². The molecule has 0 spiro atoms. The van der Waals surface area contributed by atoms with Crippen LogP contribution in [0.1, 0.15) is 35.7 Å². The number of nitrogens with one attached hydrogen (secondary N) is 1. The molecule has 0 unspecified atom stereocenters. The molecule has 6 nitrogen and oxygen atoms in total. The van der Waals surface area contributed by atoms with E-state index in [-0.39, 0.29) is 11.8 Å². The first kappa shape index (κ1) is 20.0. The van der Waals surface area contributed by atoms with E-state index < -0.39 is 0 Å². The Hall–Kier alpha value is -2.73. The number of nitrogens with zero attached hydrogens (tertiary/aromatic N) is 1. The number of methoxy groups -OCH3 is 1. The molecule has 2 aromatic rings. The van der Waals surface area contributed by atoms with Gasteiger partial charge in [-0.3, -0.25) is 9.59 Å². The maximum Gasteiger partial charge on any atom is 0.255 e. The van der Waals surface area contributed by atoms with Crippen LogP contribution in [0.3, 0.4) is 0 Å². The van der Waals surface area contributed by atoms with E-state index in [0.29, 0.717) is 47.3 Å². The first-order chi connectivity index (χ1) is 13.5. The van der Waals surface area contributed by atoms with E-state index in [4.69, 9.17) is 21.1 Å². The number of ether oxygens (including phenoxy) is 2. The third-order valence-electron chi connectivity index (χ3n) is 4.51. The molecule has 3 rings (SSSR count). The van der Waals surface area contributed by atoms with E-state index in [1.54, 1.807) is 18.2 Å². The van der Waals surface area contributed by atoms with E-state index >= 15 is 0 Å². The van der Waals surface area contributed by atoms with Gasteiger partial charge in [0.05, 0.1) is 18.7 Å². The van der Waals surface area contributed by atoms with Crippen LogP contribution in [-0.4, -0.2) is 37.0 Å². The van der Waals surface area contributed by atoms with Crippen molar-refractivity contribution in [3.8, 4) is 11.5 Å². The summed E-state index contributed by atoms with van der Waals surface area (Å²) in [7, 11) is 1.50. The second kappa shape index (κ2) is 8.97. The van der Waals surface area contributed by atoms with E-state index in [2.05, 4.69) is 5.32 Å². The number of carbonyl (C=O) groups excluding carboxylic acids is 2. The first-order valence-corrected chi connectivity index (χ1v) is 9.58. The Balaban J connectivity index is 1.75. The SMILES string of the molecule is CCOc1c(Cl)cc(C(=O)Nc2cccc(CN3CCCC3=O)c2)cc1OC. The highest BCUT2D eigenvalue weighted by Gasteiger charge is 2.20. The summed E-state index contributed by atoms with van der Waals surface area (Å²) in [5, 5.41) is 3.18. The molecule has 28 heavy (non-hydrogen) atoms. The Morgan fingerprint density at radius 2 is 2.11 bits per heavy atom. The molecule has 0 aliphatic carbocycles. The molecular weight excluding hydrogens is 380 g/mol. The fraction of sp³-hybridized carbons (Fsp3) is 0.333. The quantitative estimate of drug-likeness (QED) is 0.756. The number of halogens is 1. The van der Waals surface area contributed by atoms with Gasteiger partial charge in [0.15, 0.2) is 11.5 Å². The monoisotopic (exact) mass is 402 g/mol. The molecule has 2 aromatic carbocycles. The van der Waals surface area contributed by atoms with Crippen molar-refractivity contribution in [2.75, 3.05) is 25.6 Å². The number of likely N-dealkylation sites (tertiary alicyclic amines) is 1. The van der Waals surface area contributed by atoms with Crippen molar-refractivity contribution in [3.05, 3.63) is 52.5 Å². The third kappa shape index (κ3) is 4.57. The van der Waals surface area contributed by atoms with Gasteiger partial charge in [0, 0.05) is 30.8 Å².